The molecule has 0 saturated heterocycles. The fourth-order valence-corrected chi connectivity index (χ4v) is 3.72. The Morgan fingerprint density at radius 2 is 2.26 bits per heavy atom. The van der Waals surface area contributed by atoms with Gasteiger partial charge in [0.2, 0.25) is 5.13 Å². The van der Waals surface area contributed by atoms with Crippen LogP contribution in [0.25, 0.3) is 10.6 Å². The predicted molar refractivity (Wildman–Crippen MR) is 89.0 cm³/mol. The van der Waals surface area contributed by atoms with E-state index in [0.29, 0.717) is 22.1 Å². The van der Waals surface area contributed by atoms with E-state index in [9.17, 15) is 4.79 Å². The van der Waals surface area contributed by atoms with E-state index in [2.05, 4.69) is 26.8 Å². The van der Waals surface area contributed by atoms with Gasteiger partial charge in [-0.15, -0.1) is 11.3 Å². The average molecular weight is 346 g/mol. The molecule has 118 valence electrons. The molecule has 0 spiro atoms. The molecule has 0 aliphatic heterocycles. The van der Waals surface area contributed by atoms with Crippen LogP contribution in [0.4, 0.5) is 5.13 Å². The third kappa shape index (κ3) is 2.57. The van der Waals surface area contributed by atoms with Gasteiger partial charge in [-0.25, -0.2) is 4.98 Å². The molecule has 0 radical (unpaired) electrons. The monoisotopic (exact) mass is 346 g/mol. The van der Waals surface area contributed by atoms with Crippen molar-refractivity contribution >= 4 is 33.9 Å². The number of aromatic nitrogens is 3. The van der Waals surface area contributed by atoms with E-state index >= 15 is 0 Å². The first kappa shape index (κ1) is 14.5. The Morgan fingerprint density at radius 3 is 2.96 bits per heavy atom. The smallest absolute Gasteiger partial charge is 0.263 e. The molecule has 0 aromatic carbocycles. The third-order valence-corrected chi connectivity index (χ3v) is 5.54. The van der Waals surface area contributed by atoms with Crippen LogP contribution in [-0.4, -0.2) is 20.4 Å². The second-order valence-corrected chi connectivity index (χ2v) is 7.58. The van der Waals surface area contributed by atoms with Crippen molar-refractivity contribution in [3.63, 3.8) is 0 Å². The molecule has 1 fully saturated rings. The predicted octanol–water partition coefficient (Wildman–Crippen LogP) is 3.87. The zero-order chi connectivity index (χ0) is 16.0. The lowest BCUT2D eigenvalue weighted by molar-refractivity contribution is 0.102. The maximum absolute atomic E-state index is 12.6. The Labute approximate surface area is 140 Å². The SMILES string of the molecule is Cc1onc(-c2cccs2)c1C(=O)Nc1nc(C2(C)CC2)ns1. The summed E-state index contributed by atoms with van der Waals surface area (Å²) >= 11 is 2.72. The van der Waals surface area contributed by atoms with Gasteiger partial charge in [0, 0.05) is 16.9 Å². The maximum atomic E-state index is 12.6. The van der Waals surface area contributed by atoms with Gasteiger partial charge in [-0.1, -0.05) is 18.1 Å². The van der Waals surface area contributed by atoms with Crippen molar-refractivity contribution in [1.82, 2.24) is 14.5 Å². The Morgan fingerprint density at radius 1 is 1.43 bits per heavy atom. The van der Waals surface area contributed by atoms with E-state index in [1.165, 1.54) is 22.9 Å². The molecule has 0 atom stereocenters. The van der Waals surface area contributed by atoms with Gasteiger partial charge in [0.1, 0.15) is 17.0 Å². The van der Waals surface area contributed by atoms with E-state index in [1.807, 2.05) is 17.5 Å². The molecule has 3 heterocycles. The lowest BCUT2D eigenvalue weighted by Gasteiger charge is -2.02. The first-order valence-electron chi connectivity index (χ1n) is 7.22. The number of hydrogen-bond donors (Lipinski definition) is 1. The van der Waals surface area contributed by atoms with Gasteiger partial charge in [0.15, 0.2) is 5.82 Å². The minimum atomic E-state index is -0.268. The standard InChI is InChI=1S/C15H14N4O2S2/c1-8-10(11(18-21-8)9-4-3-7-22-9)12(20)16-14-17-13(19-23-14)15(2)5-6-15/h3-4,7H,5-6H2,1-2H3,(H,16,17,19,20). The van der Waals surface area contributed by atoms with Crippen molar-refractivity contribution in [2.75, 3.05) is 5.32 Å². The van der Waals surface area contributed by atoms with E-state index < -0.39 is 0 Å². The molecule has 1 aliphatic rings. The lowest BCUT2D eigenvalue weighted by Crippen LogP contribution is -2.13. The number of rotatable bonds is 4. The van der Waals surface area contributed by atoms with Crippen LogP contribution in [0.15, 0.2) is 22.0 Å². The highest BCUT2D eigenvalue weighted by molar-refractivity contribution is 7.13. The third-order valence-electron chi connectivity index (χ3n) is 4.03. The summed E-state index contributed by atoms with van der Waals surface area (Å²) in [5.41, 5.74) is 1.10. The van der Waals surface area contributed by atoms with Gasteiger partial charge >= 0.3 is 0 Å². The van der Waals surface area contributed by atoms with Crippen LogP contribution in [0.2, 0.25) is 0 Å². The van der Waals surface area contributed by atoms with Crippen LogP contribution in [0.3, 0.4) is 0 Å². The molecule has 3 aromatic heterocycles. The number of carbonyl (C=O) groups is 1. The number of carbonyl (C=O) groups excluding carboxylic acids is 1. The molecule has 0 bridgehead atoms. The zero-order valence-electron chi connectivity index (χ0n) is 12.6. The molecule has 0 unspecified atom stereocenters. The van der Waals surface area contributed by atoms with Crippen LogP contribution < -0.4 is 5.32 Å². The molecule has 6 nitrogen and oxygen atoms in total. The number of aryl methyl sites for hydroxylation is 1. The summed E-state index contributed by atoms with van der Waals surface area (Å²) in [5.74, 6) is 1.04. The van der Waals surface area contributed by atoms with E-state index in [0.717, 1.165) is 23.5 Å². The summed E-state index contributed by atoms with van der Waals surface area (Å²) in [6.07, 6.45) is 2.20. The molecule has 8 heteroatoms. The summed E-state index contributed by atoms with van der Waals surface area (Å²) in [7, 11) is 0. The van der Waals surface area contributed by atoms with Gasteiger partial charge in [0.05, 0.1) is 4.88 Å². The molecule has 23 heavy (non-hydrogen) atoms. The van der Waals surface area contributed by atoms with Crippen LogP contribution in [0, 0.1) is 6.92 Å². The number of nitrogens with one attached hydrogen (secondary N) is 1. The molecule has 1 amide bonds. The first-order chi connectivity index (χ1) is 11.1. The maximum Gasteiger partial charge on any atom is 0.263 e. The lowest BCUT2D eigenvalue weighted by atomic mass is 10.1. The van der Waals surface area contributed by atoms with E-state index in [-0.39, 0.29) is 11.3 Å². The van der Waals surface area contributed by atoms with Crippen LogP contribution in [-0.2, 0) is 5.41 Å². The van der Waals surface area contributed by atoms with E-state index in [1.54, 1.807) is 6.92 Å². The topological polar surface area (TPSA) is 80.9 Å². The largest absolute Gasteiger partial charge is 0.360 e. The summed E-state index contributed by atoms with van der Waals surface area (Å²) in [4.78, 5) is 18.0. The number of thiophene rings is 1. The van der Waals surface area contributed by atoms with Gasteiger partial charge in [0.25, 0.3) is 5.91 Å². The molecule has 1 aliphatic carbocycles. The Balaban J connectivity index is 1.60. The van der Waals surface area contributed by atoms with Crippen molar-refractivity contribution in [1.29, 1.82) is 0 Å². The minimum absolute atomic E-state index is 0.0920. The second kappa shape index (κ2) is 5.24. The Hall–Kier alpha value is -2.06. The van der Waals surface area contributed by atoms with Gasteiger partial charge < -0.3 is 4.52 Å². The second-order valence-electron chi connectivity index (χ2n) is 5.88. The van der Waals surface area contributed by atoms with Crippen molar-refractivity contribution in [2.24, 2.45) is 0 Å². The summed E-state index contributed by atoms with van der Waals surface area (Å²) in [6.45, 7) is 3.87. The zero-order valence-corrected chi connectivity index (χ0v) is 14.3. The van der Waals surface area contributed by atoms with Crippen LogP contribution in [0.5, 0.6) is 0 Å². The molecular formula is C15H14N4O2S2. The summed E-state index contributed by atoms with van der Waals surface area (Å²) in [6, 6.07) is 3.83. The number of anilines is 1. The number of amides is 1. The highest BCUT2D eigenvalue weighted by Crippen LogP contribution is 2.46. The van der Waals surface area contributed by atoms with Gasteiger partial charge in [-0.3, -0.25) is 10.1 Å². The molecule has 3 aromatic rings. The number of hydrogen-bond acceptors (Lipinski definition) is 7. The minimum Gasteiger partial charge on any atom is -0.360 e. The summed E-state index contributed by atoms with van der Waals surface area (Å²) < 4.78 is 9.57. The quantitative estimate of drug-likeness (QED) is 0.775. The van der Waals surface area contributed by atoms with Crippen LogP contribution in [0.1, 0.15) is 41.7 Å². The van der Waals surface area contributed by atoms with Crippen molar-refractivity contribution in [3.8, 4) is 10.6 Å². The normalized spacial score (nSPS) is 15.6. The fraction of sp³-hybridized carbons (Fsp3) is 0.333. The van der Waals surface area contributed by atoms with Crippen molar-refractivity contribution in [3.05, 3.63) is 34.7 Å². The summed E-state index contributed by atoms with van der Waals surface area (Å²) in [5, 5.41) is 9.28. The highest BCUT2D eigenvalue weighted by atomic mass is 32.1. The number of nitrogens with zero attached hydrogens (tertiary/aromatic N) is 3. The van der Waals surface area contributed by atoms with Crippen molar-refractivity contribution in [2.45, 2.75) is 32.1 Å². The van der Waals surface area contributed by atoms with Crippen LogP contribution >= 0.6 is 22.9 Å². The Kier molecular flexibility index (Phi) is 3.31. The highest BCUT2D eigenvalue weighted by Gasteiger charge is 2.43. The fourth-order valence-electron chi connectivity index (χ4n) is 2.31. The molecule has 1 saturated carbocycles. The average Bonchev–Trinajstić information content (AvgIpc) is 3.00. The van der Waals surface area contributed by atoms with Crippen molar-refractivity contribution < 1.29 is 9.32 Å². The Bertz CT molecular complexity index is 862. The molecular weight excluding hydrogens is 332 g/mol. The first-order valence-corrected chi connectivity index (χ1v) is 8.88. The van der Waals surface area contributed by atoms with Gasteiger partial charge in [-0.05, 0) is 31.2 Å². The molecule has 4 rings (SSSR count). The van der Waals surface area contributed by atoms with E-state index in [4.69, 9.17) is 4.52 Å². The van der Waals surface area contributed by atoms with Gasteiger partial charge in [-0.2, -0.15) is 4.37 Å². The molecule has 1 N–H and O–H groups in total.